The van der Waals surface area contributed by atoms with Gasteiger partial charge in [-0.15, -0.1) is 0 Å². The molecular formula is C20H24N2O6. The maximum Gasteiger partial charge on any atom is 0.414 e. The molecule has 28 heavy (non-hydrogen) atoms. The van der Waals surface area contributed by atoms with Crippen LogP contribution in [0.1, 0.15) is 31.9 Å². The minimum atomic E-state index is -0.741. The van der Waals surface area contributed by atoms with Crippen LogP contribution in [0.25, 0.3) is 0 Å². The number of carbonyl (C=O) groups is 1. The molecule has 0 fully saturated rings. The first-order chi connectivity index (χ1) is 12.9. The molecule has 150 valence electrons. The van der Waals surface area contributed by atoms with Gasteiger partial charge in [-0.25, -0.2) is 4.79 Å². The lowest BCUT2D eigenvalue weighted by molar-refractivity contribution is -0.384. The predicted molar refractivity (Wildman–Crippen MR) is 105 cm³/mol. The van der Waals surface area contributed by atoms with Crippen LogP contribution in [0.15, 0.2) is 30.3 Å². The minimum Gasteiger partial charge on any atom is -0.508 e. The van der Waals surface area contributed by atoms with Crippen LogP contribution in [0.2, 0.25) is 0 Å². The van der Waals surface area contributed by atoms with Crippen molar-refractivity contribution in [3.63, 3.8) is 0 Å². The first kappa shape index (κ1) is 21.0. The second-order valence-corrected chi connectivity index (χ2v) is 7.45. The molecule has 2 aromatic carbocycles. The van der Waals surface area contributed by atoms with Crippen LogP contribution in [-0.4, -0.2) is 28.8 Å². The van der Waals surface area contributed by atoms with Gasteiger partial charge in [0.25, 0.3) is 5.69 Å². The number of aryl methyl sites for hydroxylation is 2. The Labute approximate surface area is 163 Å². The molecule has 2 aromatic rings. The van der Waals surface area contributed by atoms with Crippen LogP contribution in [0.5, 0.6) is 17.2 Å². The predicted octanol–water partition coefficient (Wildman–Crippen LogP) is 5.08. The van der Waals surface area contributed by atoms with E-state index in [0.29, 0.717) is 22.6 Å². The van der Waals surface area contributed by atoms with Gasteiger partial charge in [0.2, 0.25) is 0 Å². The summed E-state index contributed by atoms with van der Waals surface area (Å²) >= 11 is 0. The molecule has 0 aromatic heterocycles. The lowest BCUT2D eigenvalue weighted by Crippen LogP contribution is -2.34. The third kappa shape index (κ3) is 4.91. The molecule has 0 aliphatic heterocycles. The summed E-state index contributed by atoms with van der Waals surface area (Å²) in [5, 5.41) is 21.2. The first-order valence-electron chi connectivity index (χ1n) is 8.62. The average molecular weight is 388 g/mol. The minimum absolute atomic E-state index is 0.0462. The number of anilines is 1. The molecule has 8 nitrogen and oxygen atoms in total. The molecule has 0 radical (unpaired) electrons. The van der Waals surface area contributed by atoms with E-state index in [2.05, 4.69) is 0 Å². The van der Waals surface area contributed by atoms with Crippen LogP contribution in [0.3, 0.4) is 0 Å². The number of amides is 1. The molecule has 0 aliphatic carbocycles. The number of rotatable bonds is 4. The summed E-state index contributed by atoms with van der Waals surface area (Å²) in [6.07, 6.45) is -0.718. The molecule has 2 rings (SSSR count). The van der Waals surface area contributed by atoms with Gasteiger partial charge in [-0.2, -0.15) is 0 Å². The van der Waals surface area contributed by atoms with Crippen molar-refractivity contribution in [3.05, 3.63) is 51.6 Å². The van der Waals surface area contributed by atoms with E-state index in [1.807, 2.05) is 0 Å². The van der Waals surface area contributed by atoms with Gasteiger partial charge in [-0.3, -0.25) is 15.0 Å². The van der Waals surface area contributed by atoms with Gasteiger partial charge in [-0.05, 0) is 63.9 Å². The number of hydrogen-bond donors (Lipinski definition) is 1. The fourth-order valence-corrected chi connectivity index (χ4v) is 2.43. The van der Waals surface area contributed by atoms with E-state index >= 15 is 0 Å². The Morgan fingerprint density at radius 1 is 1.14 bits per heavy atom. The average Bonchev–Trinajstić information content (AvgIpc) is 2.57. The Morgan fingerprint density at radius 3 is 2.36 bits per heavy atom. The lowest BCUT2D eigenvalue weighted by atomic mass is 10.1. The number of benzene rings is 2. The zero-order chi connectivity index (χ0) is 21.2. The number of phenols is 1. The smallest absolute Gasteiger partial charge is 0.414 e. The highest BCUT2D eigenvalue weighted by Crippen LogP contribution is 2.36. The summed E-state index contributed by atoms with van der Waals surface area (Å²) in [7, 11) is 1.40. The van der Waals surface area contributed by atoms with Crippen molar-refractivity contribution in [1.29, 1.82) is 0 Å². The summed E-state index contributed by atoms with van der Waals surface area (Å²) in [5.41, 5.74) is 0.385. The number of nitro groups is 1. The molecule has 0 atom stereocenters. The molecule has 0 unspecified atom stereocenters. The molecule has 0 saturated heterocycles. The van der Waals surface area contributed by atoms with Gasteiger partial charge in [0, 0.05) is 19.2 Å². The summed E-state index contributed by atoms with van der Waals surface area (Å²) in [6.45, 7) is 8.64. The monoisotopic (exact) mass is 388 g/mol. The van der Waals surface area contributed by atoms with Gasteiger partial charge >= 0.3 is 6.09 Å². The maximum atomic E-state index is 12.4. The third-order valence-electron chi connectivity index (χ3n) is 3.89. The summed E-state index contributed by atoms with van der Waals surface area (Å²) < 4.78 is 11.1. The number of ether oxygens (including phenoxy) is 2. The van der Waals surface area contributed by atoms with Crippen LogP contribution in [0.4, 0.5) is 16.2 Å². The van der Waals surface area contributed by atoms with E-state index in [-0.39, 0.29) is 17.1 Å². The second kappa shape index (κ2) is 7.75. The number of phenolic OH excluding ortho intramolecular Hbond substituents is 1. The molecule has 8 heteroatoms. The van der Waals surface area contributed by atoms with Crippen LogP contribution < -0.4 is 9.64 Å². The molecular weight excluding hydrogens is 364 g/mol. The van der Waals surface area contributed by atoms with E-state index in [0.717, 1.165) is 4.90 Å². The van der Waals surface area contributed by atoms with Gasteiger partial charge in [-0.1, -0.05) is 0 Å². The molecule has 0 heterocycles. The largest absolute Gasteiger partial charge is 0.508 e. The van der Waals surface area contributed by atoms with Gasteiger partial charge in [0.05, 0.1) is 4.92 Å². The summed E-state index contributed by atoms with van der Waals surface area (Å²) in [4.78, 5) is 24.3. The van der Waals surface area contributed by atoms with E-state index in [9.17, 15) is 20.0 Å². The van der Waals surface area contributed by atoms with Crippen molar-refractivity contribution in [3.8, 4) is 17.2 Å². The number of aromatic hydroxyl groups is 1. The zero-order valence-electron chi connectivity index (χ0n) is 16.8. The zero-order valence-corrected chi connectivity index (χ0v) is 16.8. The molecule has 1 N–H and O–H groups in total. The fourth-order valence-electron chi connectivity index (χ4n) is 2.43. The molecule has 0 saturated carbocycles. The fraction of sp³-hybridized carbons (Fsp3) is 0.350. The number of nitrogens with zero attached hydrogens (tertiary/aromatic N) is 2. The highest BCUT2D eigenvalue weighted by atomic mass is 16.6. The number of nitro benzene ring substituents is 1. The Kier molecular flexibility index (Phi) is 5.82. The normalized spacial score (nSPS) is 11.1. The highest BCUT2D eigenvalue weighted by molar-refractivity contribution is 5.90. The van der Waals surface area contributed by atoms with E-state index in [4.69, 9.17) is 9.47 Å². The topological polar surface area (TPSA) is 102 Å². The van der Waals surface area contributed by atoms with Crippen molar-refractivity contribution in [2.45, 2.75) is 40.2 Å². The Morgan fingerprint density at radius 2 is 1.79 bits per heavy atom. The Bertz CT molecular complexity index is 918. The third-order valence-corrected chi connectivity index (χ3v) is 3.89. The van der Waals surface area contributed by atoms with Crippen LogP contribution in [-0.2, 0) is 4.74 Å². The standard InChI is InChI=1S/C20H24N2O6/c1-12-10-18(13(2)9-17(12)23)27-14-7-8-15(22(25)26)16(11-14)21(6)19(24)28-20(3,4)5/h7-11,23H,1-6H3. The van der Waals surface area contributed by atoms with Crippen molar-refractivity contribution < 1.29 is 24.3 Å². The number of hydrogen-bond acceptors (Lipinski definition) is 6. The SMILES string of the molecule is Cc1cc(Oc2ccc([N+](=O)[O-])c(N(C)C(=O)OC(C)(C)C)c2)c(C)cc1O. The van der Waals surface area contributed by atoms with Crippen molar-refractivity contribution in [2.75, 3.05) is 11.9 Å². The van der Waals surface area contributed by atoms with Crippen molar-refractivity contribution in [1.82, 2.24) is 0 Å². The van der Waals surface area contributed by atoms with E-state index < -0.39 is 16.6 Å². The first-order valence-corrected chi connectivity index (χ1v) is 8.62. The van der Waals surface area contributed by atoms with E-state index in [1.54, 1.807) is 46.8 Å². The Balaban J connectivity index is 2.42. The summed E-state index contributed by atoms with van der Waals surface area (Å²) in [5.74, 6) is 0.957. The molecule has 1 amide bonds. The summed E-state index contributed by atoms with van der Waals surface area (Å²) in [6, 6.07) is 7.37. The molecule has 0 bridgehead atoms. The molecule has 0 spiro atoms. The van der Waals surface area contributed by atoms with Gasteiger partial charge in [0.15, 0.2) is 0 Å². The van der Waals surface area contributed by atoms with Crippen LogP contribution in [0, 0.1) is 24.0 Å². The lowest BCUT2D eigenvalue weighted by Gasteiger charge is -2.24. The quantitative estimate of drug-likeness (QED) is 0.579. The molecule has 0 aliphatic rings. The van der Waals surface area contributed by atoms with Crippen molar-refractivity contribution in [2.24, 2.45) is 0 Å². The van der Waals surface area contributed by atoms with E-state index in [1.165, 1.54) is 25.2 Å². The highest BCUT2D eigenvalue weighted by Gasteiger charge is 2.26. The number of carbonyl (C=O) groups excluding carboxylic acids is 1. The Hall–Kier alpha value is -3.29. The van der Waals surface area contributed by atoms with Crippen molar-refractivity contribution >= 4 is 17.5 Å². The van der Waals surface area contributed by atoms with Gasteiger partial charge < -0.3 is 14.6 Å². The maximum absolute atomic E-state index is 12.4. The van der Waals surface area contributed by atoms with Crippen LogP contribution >= 0.6 is 0 Å². The second-order valence-electron chi connectivity index (χ2n) is 7.45. The van der Waals surface area contributed by atoms with Gasteiger partial charge in [0.1, 0.15) is 28.5 Å².